The molecule has 0 aromatic rings. The largest absolute Gasteiger partial charge is 0.480 e. The van der Waals surface area contributed by atoms with Crippen molar-refractivity contribution in [2.45, 2.75) is 103 Å². The molecule has 0 aromatic carbocycles. The van der Waals surface area contributed by atoms with Crippen LogP contribution >= 0.6 is 0 Å². The molecule has 0 radical (unpaired) electrons. The molecule has 0 atom stereocenters. The molecule has 24 heavy (non-hydrogen) atoms. The van der Waals surface area contributed by atoms with Crippen LogP contribution in [0.4, 0.5) is 0 Å². The molecule has 1 N–H and O–H groups in total. The second-order valence-corrected chi connectivity index (χ2v) is 6.99. The summed E-state index contributed by atoms with van der Waals surface area (Å²) >= 11 is 0. The maximum absolute atomic E-state index is 11.7. The van der Waals surface area contributed by atoms with Gasteiger partial charge >= 0.3 is 5.97 Å². The van der Waals surface area contributed by atoms with Gasteiger partial charge in [0.05, 0.1) is 0 Å². The van der Waals surface area contributed by atoms with Gasteiger partial charge in [-0.15, -0.1) is 0 Å². The van der Waals surface area contributed by atoms with Gasteiger partial charge in [0.25, 0.3) is 0 Å². The van der Waals surface area contributed by atoms with Gasteiger partial charge in [-0.25, -0.2) is 0 Å². The smallest absolute Gasteiger partial charge is 0.323 e. The number of nitrogens with zero attached hydrogens (tertiary/aromatic N) is 1. The van der Waals surface area contributed by atoms with Crippen molar-refractivity contribution >= 4 is 11.9 Å². The summed E-state index contributed by atoms with van der Waals surface area (Å²) in [6, 6.07) is 0. The zero-order valence-corrected chi connectivity index (χ0v) is 16.0. The Labute approximate surface area is 149 Å². The third-order valence-corrected chi connectivity index (χ3v) is 4.54. The molecule has 0 aliphatic heterocycles. The molecule has 0 aliphatic carbocycles. The molecule has 0 spiro atoms. The lowest BCUT2D eigenvalue weighted by molar-refractivity contribution is -0.143. The van der Waals surface area contributed by atoms with Gasteiger partial charge in [-0.3, -0.25) is 9.59 Å². The van der Waals surface area contributed by atoms with E-state index < -0.39 is 5.97 Å². The van der Waals surface area contributed by atoms with Crippen LogP contribution in [0.5, 0.6) is 0 Å². The number of carbonyl (C=O) groups is 2. The lowest BCUT2D eigenvalue weighted by Crippen LogP contribution is -2.31. The predicted octanol–water partition coefficient (Wildman–Crippen LogP) is 5.40. The first-order chi connectivity index (χ1) is 11.6. The third kappa shape index (κ3) is 15.8. The molecule has 0 saturated heterocycles. The van der Waals surface area contributed by atoms with Gasteiger partial charge in [0.2, 0.25) is 5.91 Å². The maximum Gasteiger partial charge on any atom is 0.323 e. The van der Waals surface area contributed by atoms with E-state index >= 15 is 0 Å². The number of likely N-dealkylation sites (N-methyl/N-ethyl adjacent to an activating group) is 1. The molecule has 4 heteroatoms. The van der Waals surface area contributed by atoms with Crippen LogP contribution in [0.15, 0.2) is 0 Å². The lowest BCUT2D eigenvalue weighted by Gasteiger charge is -2.14. The van der Waals surface area contributed by atoms with Crippen molar-refractivity contribution in [1.82, 2.24) is 4.90 Å². The molecule has 4 nitrogen and oxygen atoms in total. The Balaban J connectivity index is 3.22. The van der Waals surface area contributed by atoms with Gasteiger partial charge in [-0.2, -0.15) is 0 Å². The van der Waals surface area contributed by atoms with E-state index in [1.807, 2.05) is 0 Å². The van der Waals surface area contributed by atoms with Gasteiger partial charge in [-0.1, -0.05) is 90.4 Å². The van der Waals surface area contributed by atoms with Crippen LogP contribution in [0.2, 0.25) is 0 Å². The maximum atomic E-state index is 11.7. The zero-order valence-electron chi connectivity index (χ0n) is 16.0. The van der Waals surface area contributed by atoms with Crippen molar-refractivity contribution in [3.63, 3.8) is 0 Å². The monoisotopic (exact) mass is 341 g/mol. The topological polar surface area (TPSA) is 57.6 Å². The average Bonchev–Trinajstić information content (AvgIpc) is 2.54. The molecule has 142 valence electrons. The van der Waals surface area contributed by atoms with E-state index in [1.165, 1.54) is 81.9 Å². The van der Waals surface area contributed by atoms with Crippen LogP contribution < -0.4 is 0 Å². The highest BCUT2D eigenvalue weighted by atomic mass is 16.4. The van der Waals surface area contributed by atoms with Crippen molar-refractivity contribution in [1.29, 1.82) is 0 Å². The van der Waals surface area contributed by atoms with Crippen LogP contribution in [0.25, 0.3) is 0 Å². The summed E-state index contributed by atoms with van der Waals surface area (Å²) in [6.07, 6.45) is 18.6. The molecule has 0 aliphatic rings. The summed E-state index contributed by atoms with van der Waals surface area (Å²) in [5.74, 6) is -1.01. The number of carboxylic acids is 1. The second-order valence-electron chi connectivity index (χ2n) is 6.99. The van der Waals surface area contributed by atoms with Crippen molar-refractivity contribution < 1.29 is 14.7 Å². The van der Waals surface area contributed by atoms with E-state index in [4.69, 9.17) is 5.11 Å². The summed E-state index contributed by atoms with van der Waals surface area (Å²) in [4.78, 5) is 23.5. The fourth-order valence-corrected chi connectivity index (χ4v) is 2.95. The number of aliphatic carboxylic acids is 1. The predicted molar refractivity (Wildman–Crippen MR) is 100 cm³/mol. The minimum atomic E-state index is -0.952. The van der Waals surface area contributed by atoms with E-state index in [0.29, 0.717) is 6.42 Å². The molecule has 0 unspecified atom stereocenters. The first kappa shape index (κ1) is 22.9. The molecule has 0 fully saturated rings. The number of rotatable bonds is 17. The van der Waals surface area contributed by atoms with Crippen LogP contribution in [0.1, 0.15) is 103 Å². The van der Waals surface area contributed by atoms with E-state index in [0.717, 1.165) is 12.8 Å². The summed E-state index contributed by atoms with van der Waals surface area (Å²) < 4.78 is 0. The van der Waals surface area contributed by atoms with Crippen LogP contribution in [0, 0.1) is 0 Å². The van der Waals surface area contributed by atoms with Gasteiger partial charge in [0.15, 0.2) is 0 Å². The zero-order chi connectivity index (χ0) is 18.0. The van der Waals surface area contributed by atoms with Gasteiger partial charge < -0.3 is 10.0 Å². The Hall–Kier alpha value is -1.06. The van der Waals surface area contributed by atoms with E-state index in [9.17, 15) is 9.59 Å². The number of carboxylic acid groups (broad SMARTS) is 1. The molecule has 0 aromatic heterocycles. The Morgan fingerprint density at radius 1 is 0.708 bits per heavy atom. The lowest BCUT2D eigenvalue weighted by atomic mass is 10.0. The average molecular weight is 342 g/mol. The van der Waals surface area contributed by atoms with Gasteiger partial charge in [-0.05, 0) is 6.42 Å². The Morgan fingerprint density at radius 3 is 1.46 bits per heavy atom. The molecule has 0 heterocycles. The number of carbonyl (C=O) groups excluding carboxylic acids is 1. The van der Waals surface area contributed by atoms with Crippen molar-refractivity contribution in [2.75, 3.05) is 13.6 Å². The number of amides is 1. The SMILES string of the molecule is CCCCCCCCCCCCCCCCC(=O)N(C)CC(=O)O. The molecule has 0 rings (SSSR count). The minimum Gasteiger partial charge on any atom is -0.480 e. The summed E-state index contributed by atoms with van der Waals surface area (Å²) in [7, 11) is 1.56. The number of hydrogen-bond acceptors (Lipinski definition) is 2. The normalized spacial score (nSPS) is 10.8. The quantitative estimate of drug-likeness (QED) is 0.360. The highest BCUT2D eigenvalue weighted by Crippen LogP contribution is 2.13. The van der Waals surface area contributed by atoms with Crippen LogP contribution in [0.3, 0.4) is 0 Å². The highest BCUT2D eigenvalue weighted by molar-refractivity contribution is 5.80. The van der Waals surface area contributed by atoms with E-state index in [-0.39, 0.29) is 12.5 Å². The van der Waals surface area contributed by atoms with Crippen molar-refractivity contribution in [2.24, 2.45) is 0 Å². The fraction of sp³-hybridized carbons (Fsp3) is 0.900. The van der Waals surface area contributed by atoms with Gasteiger partial charge in [0.1, 0.15) is 6.54 Å². The molecular formula is C20H39NO3. The molecule has 1 amide bonds. The Kier molecular flexibility index (Phi) is 16.0. The summed E-state index contributed by atoms with van der Waals surface area (Å²) in [5.41, 5.74) is 0. The Bertz CT molecular complexity index is 318. The molecular weight excluding hydrogens is 302 g/mol. The standard InChI is InChI=1S/C20H39NO3/c1-3-4-5-6-7-8-9-10-11-12-13-14-15-16-17-19(22)21(2)18-20(23)24/h3-18H2,1-2H3,(H,23,24). The number of unbranched alkanes of at least 4 members (excludes halogenated alkanes) is 13. The molecule has 0 saturated carbocycles. The minimum absolute atomic E-state index is 0.0589. The summed E-state index contributed by atoms with van der Waals surface area (Å²) in [6.45, 7) is 2.06. The van der Waals surface area contributed by atoms with E-state index in [1.54, 1.807) is 7.05 Å². The number of hydrogen-bond donors (Lipinski definition) is 1. The highest BCUT2D eigenvalue weighted by Gasteiger charge is 2.10. The Morgan fingerprint density at radius 2 is 1.08 bits per heavy atom. The van der Waals surface area contributed by atoms with Crippen LogP contribution in [-0.2, 0) is 9.59 Å². The van der Waals surface area contributed by atoms with Crippen LogP contribution in [-0.4, -0.2) is 35.5 Å². The first-order valence-electron chi connectivity index (χ1n) is 10.0. The van der Waals surface area contributed by atoms with E-state index in [2.05, 4.69) is 6.92 Å². The van der Waals surface area contributed by atoms with Crippen molar-refractivity contribution in [3.8, 4) is 0 Å². The van der Waals surface area contributed by atoms with Crippen molar-refractivity contribution in [3.05, 3.63) is 0 Å². The third-order valence-electron chi connectivity index (χ3n) is 4.54. The second kappa shape index (κ2) is 16.8. The fourth-order valence-electron chi connectivity index (χ4n) is 2.95. The summed E-state index contributed by atoms with van der Waals surface area (Å²) in [5, 5.41) is 8.63. The first-order valence-corrected chi connectivity index (χ1v) is 10.0. The molecule has 0 bridgehead atoms. The van der Waals surface area contributed by atoms with Gasteiger partial charge in [0, 0.05) is 13.5 Å².